The summed E-state index contributed by atoms with van der Waals surface area (Å²) in [6, 6.07) is 10.7. The molecule has 4 rings (SSSR count). The number of furan rings is 1. The molecule has 0 aliphatic heterocycles. The van der Waals surface area contributed by atoms with Gasteiger partial charge in [-0.1, -0.05) is 22.9 Å². The monoisotopic (exact) mass is 456 g/mol. The molecule has 156 valence electrons. The fourth-order valence-corrected chi connectivity index (χ4v) is 3.24. The summed E-state index contributed by atoms with van der Waals surface area (Å²) >= 11 is 6.94. The lowest BCUT2D eigenvalue weighted by atomic mass is 10.2. The Hall–Kier alpha value is -3.90. The van der Waals surface area contributed by atoms with Crippen molar-refractivity contribution in [2.24, 2.45) is 5.10 Å². The van der Waals surface area contributed by atoms with Crippen LogP contribution >= 0.6 is 22.9 Å². The molecule has 0 fully saturated rings. The zero-order valence-corrected chi connectivity index (χ0v) is 17.1. The van der Waals surface area contributed by atoms with Crippen molar-refractivity contribution in [2.75, 3.05) is 5.32 Å². The molecular weight excluding hydrogens is 444 g/mol. The number of rotatable bonds is 7. The van der Waals surface area contributed by atoms with Gasteiger partial charge in [-0.2, -0.15) is 10.2 Å². The molecule has 11 nitrogen and oxygen atoms in total. The van der Waals surface area contributed by atoms with Crippen molar-refractivity contribution in [1.29, 1.82) is 0 Å². The van der Waals surface area contributed by atoms with Crippen molar-refractivity contribution in [1.82, 2.24) is 30.8 Å². The molecule has 1 aromatic carbocycles. The lowest BCUT2D eigenvalue weighted by Crippen LogP contribution is -2.19. The van der Waals surface area contributed by atoms with E-state index < -0.39 is 11.8 Å². The third-order valence-corrected chi connectivity index (χ3v) is 4.86. The maximum Gasteiger partial charge on any atom is 0.294 e. The zero-order valence-electron chi connectivity index (χ0n) is 15.6. The van der Waals surface area contributed by atoms with Gasteiger partial charge in [0.15, 0.2) is 0 Å². The number of nitrogens with zero attached hydrogens (tertiary/aromatic N) is 5. The summed E-state index contributed by atoms with van der Waals surface area (Å²) in [5.74, 6) is 0.258. The zero-order chi connectivity index (χ0) is 21.6. The van der Waals surface area contributed by atoms with E-state index in [2.05, 4.69) is 41.2 Å². The highest BCUT2D eigenvalue weighted by Crippen LogP contribution is 2.23. The number of hydrogen-bond donors (Lipinski definition) is 3. The van der Waals surface area contributed by atoms with E-state index in [1.54, 1.807) is 24.3 Å². The lowest BCUT2D eigenvalue weighted by Gasteiger charge is -1.97. The molecule has 31 heavy (non-hydrogen) atoms. The quantitative estimate of drug-likeness (QED) is 0.285. The van der Waals surface area contributed by atoms with Crippen LogP contribution < -0.4 is 10.7 Å². The topological polar surface area (TPSA) is 151 Å². The normalized spacial score (nSPS) is 11.0. The standard InChI is InChI=1S/C18H13ClN8O3S/c19-11-3-1-10(2-4-11)13-6-5-12(30-13)8-21-24-14(28)7-15-25-27-18(31-15)23-17(29)16-20-9-22-26-16/h1-6,8-9H,7H2,(H,24,28)(H,20,22,26)(H,23,27,29)/b21-8-. The van der Waals surface area contributed by atoms with Crippen molar-refractivity contribution >= 4 is 46.1 Å². The smallest absolute Gasteiger partial charge is 0.294 e. The van der Waals surface area contributed by atoms with Crippen molar-refractivity contribution in [3.63, 3.8) is 0 Å². The minimum absolute atomic E-state index is 0.0426. The fourth-order valence-electron chi connectivity index (χ4n) is 2.38. The minimum atomic E-state index is -0.509. The number of hydrazone groups is 1. The van der Waals surface area contributed by atoms with E-state index in [0.717, 1.165) is 16.9 Å². The van der Waals surface area contributed by atoms with E-state index in [0.29, 0.717) is 21.6 Å². The molecule has 0 spiro atoms. The third kappa shape index (κ3) is 5.38. The highest BCUT2D eigenvalue weighted by atomic mass is 35.5. The Balaban J connectivity index is 1.28. The van der Waals surface area contributed by atoms with Crippen LogP contribution in [-0.2, 0) is 11.2 Å². The van der Waals surface area contributed by atoms with E-state index in [1.165, 1.54) is 12.5 Å². The van der Waals surface area contributed by atoms with Gasteiger partial charge in [-0.05, 0) is 36.4 Å². The summed E-state index contributed by atoms with van der Waals surface area (Å²) in [5, 5.41) is 21.4. The number of aromatic amines is 1. The molecule has 0 atom stereocenters. The summed E-state index contributed by atoms with van der Waals surface area (Å²) in [4.78, 5) is 27.6. The highest BCUT2D eigenvalue weighted by Gasteiger charge is 2.14. The summed E-state index contributed by atoms with van der Waals surface area (Å²) in [6.07, 6.45) is 2.55. The number of aromatic nitrogens is 5. The third-order valence-electron chi connectivity index (χ3n) is 3.77. The number of halogens is 1. The number of amides is 2. The van der Waals surface area contributed by atoms with E-state index in [9.17, 15) is 9.59 Å². The molecule has 3 N–H and O–H groups in total. The summed E-state index contributed by atoms with van der Waals surface area (Å²) in [6.45, 7) is 0. The highest BCUT2D eigenvalue weighted by molar-refractivity contribution is 7.15. The average Bonchev–Trinajstić information content (AvgIpc) is 3.51. The molecule has 0 bridgehead atoms. The number of hydrogen-bond acceptors (Lipinski definition) is 9. The first-order valence-electron chi connectivity index (χ1n) is 8.73. The summed E-state index contributed by atoms with van der Waals surface area (Å²) < 4.78 is 5.66. The van der Waals surface area contributed by atoms with Crippen LogP contribution in [0.2, 0.25) is 5.02 Å². The van der Waals surface area contributed by atoms with Crippen molar-refractivity contribution in [3.05, 3.63) is 64.3 Å². The largest absolute Gasteiger partial charge is 0.455 e. The Labute approximate surface area is 183 Å². The maximum absolute atomic E-state index is 12.0. The number of carbonyl (C=O) groups excluding carboxylic acids is 2. The first-order valence-corrected chi connectivity index (χ1v) is 9.93. The fraction of sp³-hybridized carbons (Fsp3) is 0.0556. The van der Waals surface area contributed by atoms with Crippen LogP contribution in [0.25, 0.3) is 11.3 Å². The van der Waals surface area contributed by atoms with Gasteiger partial charge in [0.25, 0.3) is 5.91 Å². The Morgan fingerprint density at radius 1 is 1.19 bits per heavy atom. The van der Waals surface area contributed by atoms with Crippen LogP contribution in [0.15, 0.2) is 52.2 Å². The summed E-state index contributed by atoms with van der Waals surface area (Å²) in [5.41, 5.74) is 3.26. The van der Waals surface area contributed by atoms with Gasteiger partial charge in [-0.15, -0.1) is 10.2 Å². The molecule has 0 saturated heterocycles. The van der Waals surface area contributed by atoms with Gasteiger partial charge < -0.3 is 4.42 Å². The molecule has 4 aromatic rings. The second-order valence-corrected chi connectivity index (χ2v) is 7.47. The number of anilines is 1. The predicted molar refractivity (Wildman–Crippen MR) is 113 cm³/mol. The molecule has 0 saturated carbocycles. The Morgan fingerprint density at radius 2 is 2.03 bits per heavy atom. The van der Waals surface area contributed by atoms with Gasteiger partial charge in [-0.25, -0.2) is 10.4 Å². The van der Waals surface area contributed by atoms with E-state index in [-0.39, 0.29) is 17.4 Å². The van der Waals surface area contributed by atoms with Gasteiger partial charge in [0.2, 0.25) is 16.9 Å². The van der Waals surface area contributed by atoms with Gasteiger partial charge in [0.05, 0.1) is 12.6 Å². The van der Waals surface area contributed by atoms with E-state index in [1.807, 2.05) is 12.1 Å². The van der Waals surface area contributed by atoms with Crippen LogP contribution in [0.4, 0.5) is 5.13 Å². The SMILES string of the molecule is O=C(Cc1nnc(NC(=O)c2ncn[nH]2)s1)N/N=C\c1ccc(-c2ccc(Cl)cc2)o1. The Kier molecular flexibility index (Phi) is 6.10. The lowest BCUT2D eigenvalue weighted by molar-refractivity contribution is -0.120. The van der Waals surface area contributed by atoms with Crippen LogP contribution in [0.1, 0.15) is 21.4 Å². The van der Waals surface area contributed by atoms with Gasteiger partial charge in [0, 0.05) is 10.6 Å². The molecule has 3 heterocycles. The van der Waals surface area contributed by atoms with Crippen molar-refractivity contribution in [2.45, 2.75) is 6.42 Å². The molecule has 0 radical (unpaired) electrons. The van der Waals surface area contributed by atoms with Crippen molar-refractivity contribution < 1.29 is 14.0 Å². The van der Waals surface area contributed by atoms with Gasteiger partial charge >= 0.3 is 0 Å². The van der Waals surface area contributed by atoms with Crippen LogP contribution in [0.5, 0.6) is 0 Å². The maximum atomic E-state index is 12.0. The Bertz CT molecular complexity index is 1220. The molecule has 0 aliphatic rings. The number of carbonyl (C=O) groups is 2. The molecule has 3 aromatic heterocycles. The minimum Gasteiger partial charge on any atom is -0.455 e. The Morgan fingerprint density at radius 3 is 2.81 bits per heavy atom. The molecule has 2 amide bonds. The number of benzene rings is 1. The number of nitrogens with one attached hydrogen (secondary N) is 3. The van der Waals surface area contributed by atoms with Crippen LogP contribution in [0, 0.1) is 0 Å². The van der Waals surface area contributed by atoms with Crippen molar-refractivity contribution in [3.8, 4) is 11.3 Å². The second kappa shape index (κ2) is 9.28. The first-order chi connectivity index (χ1) is 15.1. The molecular formula is C18H13ClN8O3S. The van der Waals surface area contributed by atoms with Crippen LogP contribution in [0.3, 0.4) is 0 Å². The van der Waals surface area contributed by atoms with E-state index in [4.69, 9.17) is 16.0 Å². The average molecular weight is 457 g/mol. The van der Waals surface area contributed by atoms with Crippen LogP contribution in [-0.4, -0.2) is 43.4 Å². The summed E-state index contributed by atoms with van der Waals surface area (Å²) in [7, 11) is 0. The predicted octanol–water partition coefficient (Wildman–Crippen LogP) is 2.51. The molecule has 0 unspecified atom stereocenters. The van der Waals surface area contributed by atoms with Gasteiger partial charge in [-0.3, -0.25) is 20.0 Å². The number of H-pyrrole nitrogens is 1. The molecule has 0 aliphatic carbocycles. The van der Waals surface area contributed by atoms with Gasteiger partial charge in [0.1, 0.15) is 22.9 Å². The first kappa shape index (κ1) is 20.4. The molecule has 13 heteroatoms. The second-order valence-electron chi connectivity index (χ2n) is 5.97. The van der Waals surface area contributed by atoms with E-state index >= 15 is 0 Å².